The fourth-order valence-corrected chi connectivity index (χ4v) is 3.01. The molecular formula is C21H23N5O2. The fourth-order valence-electron chi connectivity index (χ4n) is 3.01. The molecule has 1 unspecified atom stereocenters. The van der Waals surface area contributed by atoms with Crippen LogP contribution < -0.4 is 16.4 Å². The van der Waals surface area contributed by atoms with Gasteiger partial charge in [-0.25, -0.2) is 4.79 Å². The van der Waals surface area contributed by atoms with Gasteiger partial charge in [-0.3, -0.25) is 9.48 Å². The molecule has 0 aliphatic heterocycles. The molecule has 3 amide bonds. The van der Waals surface area contributed by atoms with Gasteiger partial charge in [0.25, 0.3) is 5.91 Å². The largest absolute Gasteiger partial charge is 0.351 e. The zero-order chi connectivity index (χ0) is 20.1. The molecule has 0 saturated carbocycles. The number of hydrogen-bond donors (Lipinski definition) is 3. The second kappa shape index (κ2) is 8.39. The number of aryl methyl sites for hydroxylation is 1. The summed E-state index contributed by atoms with van der Waals surface area (Å²) in [6.45, 7) is 1.90. The highest BCUT2D eigenvalue weighted by Gasteiger charge is 2.18. The topological polar surface area (TPSA) is 102 Å². The van der Waals surface area contributed by atoms with E-state index in [0.29, 0.717) is 17.7 Å². The van der Waals surface area contributed by atoms with Crippen molar-refractivity contribution < 1.29 is 9.59 Å². The number of nitrogens with two attached hydrogens (primary N) is 1. The Kier molecular flexibility index (Phi) is 5.74. The van der Waals surface area contributed by atoms with Gasteiger partial charge >= 0.3 is 6.03 Å². The predicted octanol–water partition coefficient (Wildman–Crippen LogP) is 2.99. The van der Waals surface area contributed by atoms with Gasteiger partial charge in [0.1, 0.15) is 0 Å². The predicted molar refractivity (Wildman–Crippen MR) is 108 cm³/mol. The lowest BCUT2D eigenvalue weighted by Gasteiger charge is -2.15. The molecule has 0 spiro atoms. The number of hydrogen-bond acceptors (Lipinski definition) is 3. The number of aromatic nitrogens is 2. The van der Waals surface area contributed by atoms with E-state index < -0.39 is 6.03 Å². The van der Waals surface area contributed by atoms with Gasteiger partial charge in [-0.1, -0.05) is 42.5 Å². The van der Waals surface area contributed by atoms with Crippen molar-refractivity contribution in [2.45, 2.75) is 19.4 Å². The van der Waals surface area contributed by atoms with Gasteiger partial charge in [0.05, 0.1) is 23.5 Å². The van der Waals surface area contributed by atoms with Crippen molar-refractivity contribution in [2.24, 2.45) is 12.8 Å². The normalized spacial score (nSPS) is 11.6. The third-order valence-electron chi connectivity index (χ3n) is 4.55. The first-order valence-electron chi connectivity index (χ1n) is 8.96. The summed E-state index contributed by atoms with van der Waals surface area (Å²) >= 11 is 0. The van der Waals surface area contributed by atoms with Crippen molar-refractivity contribution >= 4 is 17.6 Å². The van der Waals surface area contributed by atoms with Crippen LogP contribution in [-0.4, -0.2) is 21.7 Å². The Balaban J connectivity index is 1.71. The quantitative estimate of drug-likeness (QED) is 0.615. The van der Waals surface area contributed by atoms with E-state index in [2.05, 4.69) is 15.7 Å². The Hall–Kier alpha value is -3.61. The summed E-state index contributed by atoms with van der Waals surface area (Å²) in [5.74, 6) is -0.175. The van der Waals surface area contributed by atoms with Crippen LogP contribution in [0.4, 0.5) is 10.5 Å². The zero-order valence-corrected chi connectivity index (χ0v) is 15.8. The SMILES string of the molecule is CC(NC(=O)c1cnn(C)c1Cc1ccccc1)c1ccc(NC(N)=O)cc1. The molecule has 1 heterocycles. The molecule has 3 rings (SSSR count). The fraction of sp³-hybridized carbons (Fsp3) is 0.190. The number of nitrogens with one attached hydrogen (secondary N) is 2. The lowest BCUT2D eigenvalue weighted by molar-refractivity contribution is 0.0939. The zero-order valence-electron chi connectivity index (χ0n) is 15.8. The number of urea groups is 1. The van der Waals surface area contributed by atoms with E-state index in [0.717, 1.165) is 16.8 Å². The van der Waals surface area contributed by atoms with Crippen LogP contribution in [0.15, 0.2) is 60.8 Å². The minimum Gasteiger partial charge on any atom is -0.351 e. The molecule has 0 radical (unpaired) electrons. The average molecular weight is 377 g/mol. The molecule has 0 aliphatic rings. The molecule has 0 aliphatic carbocycles. The number of nitrogens with zero attached hydrogens (tertiary/aromatic N) is 2. The van der Waals surface area contributed by atoms with Crippen molar-refractivity contribution in [3.63, 3.8) is 0 Å². The molecule has 7 nitrogen and oxygen atoms in total. The van der Waals surface area contributed by atoms with E-state index in [9.17, 15) is 9.59 Å². The second-order valence-corrected chi connectivity index (χ2v) is 6.60. The smallest absolute Gasteiger partial charge is 0.316 e. The number of anilines is 1. The maximum absolute atomic E-state index is 12.8. The summed E-state index contributed by atoms with van der Waals surface area (Å²) in [7, 11) is 1.84. The lowest BCUT2D eigenvalue weighted by atomic mass is 10.0. The first kappa shape index (κ1) is 19.2. The van der Waals surface area contributed by atoms with Crippen molar-refractivity contribution in [3.05, 3.63) is 83.2 Å². The molecule has 1 aromatic heterocycles. The standard InChI is InChI=1S/C21H23N5O2/c1-14(16-8-10-17(11-9-16)25-21(22)28)24-20(27)18-13-23-26(2)19(18)12-15-6-4-3-5-7-15/h3-11,13-14H,12H2,1-2H3,(H,24,27)(H3,22,25,28). The molecule has 2 aromatic carbocycles. The number of primary amides is 1. The maximum Gasteiger partial charge on any atom is 0.316 e. The Bertz CT molecular complexity index is 964. The third kappa shape index (κ3) is 4.56. The number of rotatable bonds is 6. The van der Waals surface area contributed by atoms with Gasteiger partial charge in [0.15, 0.2) is 0 Å². The van der Waals surface area contributed by atoms with E-state index in [1.807, 2.05) is 56.4 Å². The Morgan fingerprint density at radius 2 is 1.79 bits per heavy atom. The Labute approximate surface area is 163 Å². The number of carbonyl (C=O) groups is 2. The van der Waals surface area contributed by atoms with Gasteiger partial charge in [0.2, 0.25) is 0 Å². The van der Waals surface area contributed by atoms with Gasteiger partial charge in [0, 0.05) is 19.2 Å². The molecule has 4 N–H and O–H groups in total. The van der Waals surface area contributed by atoms with Crippen LogP contribution in [-0.2, 0) is 13.5 Å². The van der Waals surface area contributed by atoms with Crippen LogP contribution in [0.3, 0.4) is 0 Å². The van der Waals surface area contributed by atoms with Gasteiger partial charge in [-0.05, 0) is 30.2 Å². The van der Waals surface area contributed by atoms with Gasteiger partial charge < -0.3 is 16.4 Å². The molecule has 0 saturated heterocycles. The van der Waals surface area contributed by atoms with Crippen LogP contribution in [0.5, 0.6) is 0 Å². The first-order valence-corrected chi connectivity index (χ1v) is 8.96. The number of benzene rings is 2. The molecule has 7 heteroatoms. The molecule has 0 bridgehead atoms. The van der Waals surface area contributed by atoms with Crippen LogP contribution in [0.25, 0.3) is 0 Å². The van der Waals surface area contributed by atoms with E-state index >= 15 is 0 Å². The minimum atomic E-state index is -0.614. The summed E-state index contributed by atoms with van der Waals surface area (Å²) in [5, 5.41) is 9.78. The van der Waals surface area contributed by atoms with Crippen molar-refractivity contribution in [1.82, 2.24) is 15.1 Å². The highest BCUT2D eigenvalue weighted by atomic mass is 16.2. The van der Waals surface area contributed by atoms with Crippen LogP contribution in [0.1, 0.15) is 40.1 Å². The molecular weight excluding hydrogens is 354 g/mol. The molecule has 3 aromatic rings. The molecule has 144 valence electrons. The average Bonchev–Trinajstić information content (AvgIpc) is 3.03. The molecule has 0 fully saturated rings. The monoisotopic (exact) mass is 377 g/mol. The van der Waals surface area contributed by atoms with Crippen LogP contribution in [0, 0.1) is 0 Å². The van der Waals surface area contributed by atoms with Crippen LogP contribution in [0.2, 0.25) is 0 Å². The van der Waals surface area contributed by atoms with E-state index in [4.69, 9.17) is 5.73 Å². The highest BCUT2D eigenvalue weighted by Crippen LogP contribution is 2.18. The summed E-state index contributed by atoms with van der Waals surface area (Å²) in [6.07, 6.45) is 2.22. The summed E-state index contributed by atoms with van der Waals surface area (Å²) in [5.41, 5.74) is 9.16. The van der Waals surface area contributed by atoms with Crippen molar-refractivity contribution in [3.8, 4) is 0 Å². The minimum absolute atomic E-state index is 0.175. The van der Waals surface area contributed by atoms with E-state index in [1.165, 1.54) is 0 Å². The lowest BCUT2D eigenvalue weighted by Crippen LogP contribution is -2.27. The maximum atomic E-state index is 12.8. The highest BCUT2D eigenvalue weighted by molar-refractivity contribution is 5.95. The van der Waals surface area contributed by atoms with E-state index in [-0.39, 0.29) is 11.9 Å². The summed E-state index contributed by atoms with van der Waals surface area (Å²) < 4.78 is 1.73. The van der Waals surface area contributed by atoms with Crippen LogP contribution >= 0.6 is 0 Å². The van der Waals surface area contributed by atoms with E-state index in [1.54, 1.807) is 23.0 Å². The number of amides is 3. The molecule has 28 heavy (non-hydrogen) atoms. The summed E-state index contributed by atoms with van der Waals surface area (Å²) in [4.78, 5) is 23.7. The van der Waals surface area contributed by atoms with Crippen molar-refractivity contribution in [2.75, 3.05) is 5.32 Å². The first-order chi connectivity index (χ1) is 13.4. The molecule has 1 atom stereocenters. The van der Waals surface area contributed by atoms with Gasteiger partial charge in [-0.15, -0.1) is 0 Å². The second-order valence-electron chi connectivity index (χ2n) is 6.60. The Morgan fingerprint density at radius 3 is 2.43 bits per heavy atom. The summed E-state index contributed by atoms with van der Waals surface area (Å²) in [6, 6.07) is 16.3. The third-order valence-corrected chi connectivity index (χ3v) is 4.55. The Morgan fingerprint density at radius 1 is 1.11 bits per heavy atom. The van der Waals surface area contributed by atoms with Crippen molar-refractivity contribution in [1.29, 1.82) is 0 Å². The number of carbonyl (C=O) groups excluding carboxylic acids is 2. The van der Waals surface area contributed by atoms with Gasteiger partial charge in [-0.2, -0.15) is 5.10 Å².